The van der Waals surface area contributed by atoms with Crippen molar-refractivity contribution in [3.63, 3.8) is 0 Å². The third-order valence-electron chi connectivity index (χ3n) is 2.32. The maximum Gasteiger partial charge on any atom is 0.454 e. The van der Waals surface area contributed by atoms with Gasteiger partial charge >= 0.3 is 6.18 Å². The Kier molecular flexibility index (Phi) is 3.17. The van der Waals surface area contributed by atoms with Gasteiger partial charge in [-0.2, -0.15) is 13.2 Å². The fourth-order valence-electron chi connectivity index (χ4n) is 1.49. The van der Waals surface area contributed by atoms with E-state index in [0.717, 1.165) is 12.3 Å². The van der Waals surface area contributed by atoms with E-state index in [1.807, 2.05) is 0 Å². The van der Waals surface area contributed by atoms with Gasteiger partial charge in [0.1, 0.15) is 0 Å². The van der Waals surface area contributed by atoms with Gasteiger partial charge in [-0.05, 0) is 24.3 Å². The summed E-state index contributed by atoms with van der Waals surface area (Å²) in [7, 11) is 0. The van der Waals surface area contributed by atoms with Gasteiger partial charge in [-0.3, -0.25) is 4.79 Å². The van der Waals surface area contributed by atoms with E-state index in [0.29, 0.717) is 10.7 Å². The minimum atomic E-state index is -4.86. The minimum Gasteiger partial charge on any atom is -0.323 e. The first-order valence-corrected chi connectivity index (χ1v) is 5.31. The molecular formula is C12H7ClF3NO. The third kappa shape index (κ3) is 2.56. The zero-order chi connectivity index (χ0) is 13.3. The van der Waals surface area contributed by atoms with E-state index in [2.05, 4.69) is 0 Å². The quantitative estimate of drug-likeness (QED) is 0.761. The Balaban J connectivity index is 2.34. The Bertz CT molecular complexity index is 589. The van der Waals surface area contributed by atoms with Crippen molar-refractivity contribution in [2.45, 2.75) is 6.18 Å². The average Bonchev–Trinajstić information content (AvgIpc) is 2.75. The molecule has 0 fully saturated rings. The normalized spacial score (nSPS) is 11.6. The molecule has 2 rings (SSSR count). The van der Waals surface area contributed by atoms with Gasteiger partial charge < -0.3 is 4.57 Å². The first-order chi connectivity index (χ1) is 8.38. The van der Waals surface area contributed by atoms with Gasteiger partial charge in [0.2, 0.25) is 0 Å². The molecule has 2 aromatic rings. The monoisotopic (exact) mass is 273 g/mol. The molecule has 0 saturated heterocycles. The Morgan fingerprint density at radius 1 is 1.22 bits per heavy atom. The van der Waals surface area contributed by atoms with Crippen LogP contribution in [0, 0.1) is 0 Å². The Labute approximate surface area is 106 Å². The standard InChI is InChI=1S/C12H7ClF3NO/c13-9-2-1-3-10(6-9)17-5-4-8(7-17)11(18)12(14,15)16/h1-7H. The molecule has 0 spiro atoms. The molecule has 6 heteroatoms. The van der Waals surface area contributed by atoms with Crippen molar-refractivity contribution >= 4 is 17.4 Å². The second-order valence-corrected chi connectivity index (χ2v) is 4.05. The minimum absolute atomic E-state index is 0.400. The lowest BCUT2D eigenvalue weighted by atomic mass is 10.2. The Hall–Kier alpha value is -1.75. The van der Waals surface area contributed by atoms with Crippen LogP contribution in [0.25, 0.3) is 5.69 Å². The third-order valence-corrected chi connectivity index (χ3v) is 2.55. The van der Waals surface area contributed by atoms with E-state index >= 15 is 0 Å². The van der Waals surface area contributed by atoms with Crippen molar-refractivity contribution in [1.29, 1.82) is 0 Å². The summed E-state index contributed by atoms with van der Waals surface area (Å²) in [5, 5.41) is 0.463. The maximum atomic E-state index is 12.2. The van der Waals surface area contributed by atoms with Crippen molar-refractivity contribution in [2.75, 3.05) is 0 Å². The molecule has 0 radical (unpaired) electrons. The molecule has 1 heterocycles. The second-order valence-electron chi connectivity index (χ2n) is 3.61. The number of ketones is 1. The second kappa shape index (κ2) is 4.49. The zero-order valence-electron chi connectivity index (χ0n) is 8.91. The van der Waals surface area contributed by atoms with E-state index in [1.54, 1.807) is 24.3 Å². The Morgan fingerprint density at radius 2 is 1.94 bits per heavy atom. The van der Waals surface area contributed by atoms with Crippen LogP contribution in [0.1, 0.15) is 10.4 Å². The number of hydrogen-bond donors (Lipinski definition) is 0. The molecule has 0 aliphatic rings. The van der Waals surface area contributed by atoms with Crippen molar-refractivity contribution in [3.05, 3.63) is 53.3 Å². The molecule has 0 saturated carbocycles. The van der Waals surface area contributed by atoms with Crippen molar-refractivity contribution < 1.29 is 18.0 Å². The lowest BCUT2D eigenvalue weighted by Gasteiger charge is -2.04. The highest BCUT2D eigenvalue weighted by molar-refractivity contribution is 6.30. The van der Waals surface area contributed by atoms with Crippen LogP contribution >= 0.6 is 11.6 Å². The molecule has 0 amide bonds. The van der Waals surface area contributed by atoms with Crippen LogP contribution in [0.4, 0.5) is 13.2 Å². The number of nitrogens with zero attached hydrogens (tertiary/aromatic N) is 1. The SMILES string of the molecule is O=C(c1ccn(-c2cccc(Cl)c2)c1)C(F)(F)F. The van der Waals surface area contributed by atoms with E-state index in [1.165, 1.54) is 10.8 Å². The summed E-state index contributed by atoms with van der Waals surface area (Å²) in [6.07, 6.45) is -2.35. The molecule has 0 N–H and O–H groups in total. The Morgan fingerprint density at radius 3 is 2.56 bits per heavy atom. The van der Waals surface area contributed by atoms with Crippen LogP contribution < -0.4 is 0 Å². The summed E-state index contributed by atoms with van der Waals surface area (Å²) < 4.78 is 38.1. The topological polar surface area (TPSA) is 22.0 Å². The number of carbonyl (C=O) groups excluding carboxylic acids is 1. The molecule has 0 aliphatic heterocycles. The lowest BCUT2D eigenvalue weighted by Crippen LogP contribution is -2.22. The molecular weight excluding hydrogens is 267 g/mol. The van der Waals surface area contributed by atoms with Crippen molar-refractivity contribution in [3.8, 4) is 5.69 Å². The van der Waals surface area contributed by atoms with Gasteiger partial charge in [-0.25, -0.2) is 0 Å². The van der Waals surface area contributed by atoms with Crippen LogP contribution in [0.3, 0.4) is 0 Å². The fraction of sp³-hybridized carbons (Fsp3) is 0.0833. The predicted octanol–water partition coefficient (Wildman–Crippen LogP) is 3.88. The summed E-state index contributed by atoms with van der Waals surface area (Å²) in [5.74, 6) is -1.86. The highest BCUT2D eigenvalue weighted by Crippen LogP contribution is 2.23. The summed E-state index contributed by atoms with van der Waals surface area (Å²) in [6, 6.07) is 7.70. The number of aromatic nitrogens is 1. The number of alkyl halides is 3. The number of Topliss-reactive ketones (excluding diaryl/α,β-unsaturated/α-hetero) is 1. The molecule has 0 bridgehead atoms. The largest absolute Gasteiger partial charge is 0.454 e. The van der Waals surface area contributed by atoms with E-state index in [-0.39, 0.29) is 0 Å². The summed E-state index contributed by atoms with van der Waals surface area (Å²) in [4.78, 5) is 11.0. The van der Waals surface area contributed by atoms with Crippen LogP contribution in [-0.4, -0.2) is 16.5 Å². The number of benzene rings is 1. The zero-order valence-corrected chi connectivity index (χ0v) is 9.66. The predicted molar refractivity (Wildman–Crippen MR) is 61.2 cm³/mol. The summed E-state index contributed by atoms with van der Waals surface area (Å²) in [5.41, 5.74) is 0.186. The van der Waals surface area contributed by atoms with Gasteiger partial charge in [0, 0.05) is 28.7 Å². The van der Waals surface area contributed by atoms with Gasteiger partial charge in [0.25, 0.3) is 5.78 Å². The molecule has 0 aliphatic carbocycles. The van der Waals surface area contributed by atoms with Gasteiger partial charge in [-0.15, -0.1) is 0 Å². The maximum absolute atomic E-state index is 12.2. The van der Waals surface area contributed by atoms with E-state index < -0.39 is 17.5 Å². The molecule has 2 nitrogen and oxygen atoms in total. The fourth-order valence-corrected chi connectivity index (χ4v) is 1.68. The van der Waals surface area contributed by atoms with Crippen LogP contribution in [0.2, 0.25) is 5.02 Å². The average molecular weight is 274 g/mol. The van der Waals surface area contributed by atoms with Gasteiger partial charge in [-0.1, -0.05) is 17.7 Å². The first-order valence-electron chi connectivity index (χ1n) is 4.93. The molecule has 0 unspecified atom stereocenters. The van der Waals surface area contributed by atoms with E-state index in [4.69, 9.17) is 11.6 Å². The number of rotatable bonds is 2. The van der Waals surface area contributed by atoms with Crippen LogP contribution in [0.5, 0.6) is 0 Å². The highest BCUT2D eigenvalue weighted by Gasteiger charge is 2.39. The van der Waals surface area contributed by atoms with Crippen molar-refractivity contribution in [1.82, 2.24) is 4.57 Å². The summed E-state index contributed by atoms with van der Waals surface area (Å²) >= 11 is 5.78. The van der Waals surface area contributed by atoms with Gasteiger partial charge in [0.15, 0.2) is 0 Å². The number of carbonyl (C=O) groups is 1. The van der Waals surface area contributed by atoms with Crippen molar-refractivity contribution in [2.24, 2.45) is 0 Å². The molecule has 94 valence electrons. The molecule has 1 aromatic heterocycles. The smallest absolute Gasteiger partial charge is 0.323 e. The molecule has 18 heavy (non-hydrogen) atoms. The highest BCUT2D eigenvalue weighted by atomic mass is 35.5. The lowest BCUT2D eigenvalue weighted by molar-refractivity contribution is -0.0885. The first kappa shape index (κ1) is 12.7. The van der Waals surface area contributed by atoms with Crippen LogP contribution in [-0.2, 0) is 0 Å². The number of hydrogen-bond acceptors (Lipinski definition) is 1. The van der Waals surface area contributed by atoms with Crippen LogP contribution in [0.15, 0.2) is 42.7 Å². The van der Waals surface area contributed by atoms with E-state index in [9.17, 15) is 18.0 Å². The molecule has 1 aromatic carbocycles. The van der Waals surface area contributed by atoms with Gasteiger partial charge in [0.05, 0.1) is 0 Å². The molecule has 0 atom stereocenters. The summed E-state index contributed by atoms with van der Waals surface area (Å²) in [6.45, 7) is 0. The number of halogens is 4.